The number of anilines is 4. The molecular formula is C22H18N2. The first kappa shape index (κ1) is 14.3. The number of hydrogen-bond donors (Lipinski definition) is 2. The summed E-state index contributed by atoms with van der Waals surface area (Å²) in [6.07, 6.45) is 0. The summed E-state index contributed by atoms with van der Waals surface area (Å²) in [7, 11) is 0. The molecule has 0 radical (unpaired) electrons. The fourth-order valence-corrected chi connectivity index (χ4v) is 2.85. The fourth-order valence-electron chi connectivity index (χ4n) is 2.85. The van der Waals surface area contributed by atoms with E-state index in [-0.39, 0.29) is 0 Å². The Morgan fingerprint density at radius 3 is 1.75 bits per heavy atom. The third-order valence-corrected chi connectivity index (χ3v) is 3.98. The van der Waals surface area contributed by atoms with Crippen molar-refractivity contribution in [3.05, 3.63) is 97.1 Å². The van der Waals surface area contributed by atoms with Gasteiger partial charge in [-0.05, 0) is 41.8 Å². The van der Waals surface area contributed by atoms with Gasteiger partial charge in [-0.3, -0.25) is 0 Å². The van der Waals surface area contributed by atoms with Gasteiger partial charge in [-0.15, -0.1) is 0 Å². The molecule has 2 heteroatoms. The van der Waals surface area contributed by atoms with Crippen LogP contribution in [0.5, 0.6) is 0 Å². The Hall–Kier alpha value is -3.26. The molecule has 0 saturated carbocycles. The Morgan fingerprint density at radius 2 is 1.04 bits per heavy atom. The third-order valence-electron chi connectivity index (χ3n) is 3.98. The molecular weight excluding hydrogens is 292 g/mol. The van der Waals surface area contributed by atoms with E-state index in [1.165, 1.54) is 10.8 Å². The molecule has 4 rings (SSSR count). The zero-order valence-corrected chi connectivity index (χ0v) is 13.2. The Balaban J connectivity index is 1.76. The van der Waals surface area contributed by atoms with E-state index in [0.717, 1.165) is 22.7 Å². The Bertz CT molecular complexity index is 947. The molecule has 0 fully saturated rings. The van der Waals surface area contributed by atoms with Gasteiger partial charge in [0.1, 0.15) is 0 Å². The van der Waals surface area contributed by atoms with Crippen LogP contribution in [0.1, 0.15) is 0 Å². The van der Waals surface area contributed by atoms with E-state index in [9.17, 15) is 0 Å². The molecule has 0 bridgehead atoms. The molecule has 2 N–H and O–H groups in total. The maximum absolute atomic E-state index is 3.53. The highest BCUT2D eigenvalue weighted by molar-refractivity contribution is 5.98. The summed E-state index contributed by atoms with van der Waals surface area (Å²) in [5.41, 5.74) is 4.33. The highest BCUT2D eigenvalue weighted by Gasteiger charge is 2.05. The zero-order valence-electron chi connectivity index (χ0n) is 13.2. The predicted molar refractivity (Wildman–Crippen MR) is 103 cm³/mol. The van der Waals surface area contributed by atoms with Gasteiger partial charge in [-0.2, -0.15) is 0 Å². The summed E-state index contributed by atoms with van der Waals surface area (Å²) in [6, 6.07) is 33.2. The smallest absolute Gasteiger partial charge is 0.0484 e. The highest BCUT2D eigenvalue weighted by atomic mass is 14.9. The van der Waals surface area contributed by atoms with Crippen LogP contribution in [0.4, 0.5) is 22.7 Å². The van der Waals surface area contributed by atoms with E-state index < -0.39 is 0 Å². The minimum atomic E-state index is 1.07. The van der Waals surface area contributed by atoms with Gasteiger partial charge in [0.05, 0.1) is 0 Å². The molecule has 0 aliphatic rings. The van der Waals surface area contributed by atoms with Crippen molar-refractivity contribution in [1.29, 1.82) is 0 Å². The van der Waals surface area contributed by atoms with Crippen molar-refractivity contribution in [3.8, 4) is 0 Å². The van der Waals surface area contributed by atoms with E-state index in [1.54, 1.807) is 0 Å². The van der Waals surface area contributed by atoms with Crippen LogP contribution >= 0.6 is 0 Å². The van der Waals surface area contributed by atoms with Crippen molar-refractivity contribution in [2.45, 2.75) is 0 Å². The molecule has 0 aliphatic carbocycles. The second kappa shape index (κ2) is 6.47. The van der Waals surface area contributed by atoms with E-state index in [2.05, 4.69) is 71.3 Å². The van der Waals surface area contributed by atoms with Gasteiger partial charge in [0.15, 0.2) is 0 Å². The molecule has 0 spiro atoms. The van der Waals surface area contributed by atoms with Crippen LogP contribution in [0.3, 0.4) is 0 Å². The number of rotatable bonds is 4. The number of fused-ring (bicyclic) bond motifs is 1. The lowest BCUT2D eigenvalue weighted by molar-refractivity contribution is 1.54. The lowest BCUT2D eigenvalue weighted by atomic mass is 10.1. The van der Waals surface area contributed by atoms with Gasteiger partial charge < -0.3 is 10.6 Å². The summed E-state index contributed by atoms with van der Waals surface area (Å²) in [4.78, 5) is 0. The molecule has 0 aromatic heterocycles. The molecule has 0 aliphatic heterocycles. The SMILES string of the molecule is c1ccc(Nc2cc(Nc3ccccc3)c3ccccc3c2)cc1. The summed E-state index contributed by atoms with van der Waals surface area (Å²) in [5.74, 6) is 0. The molecule has 4 aromatic rings. The van der Waals surface area contributed by atoms with Crippen LogP contribution in [0.25, 0.3) is 10.8 Å². The van der Waals surface area contributed by atoms with Crippen molar-refractivity contribution < 1.29 is 0 Å². The van der Waals surface area contributed by atoms with Gasteiger partial charge in [0.25, 0.3) is 0 Å². The minimum absolute atomic E-state index is 1.07. The summed E-state index contributed by atoms with van der Waals surface area (Å²) in [6.45, 7) is 0. The standard InChI is InChI=1S/C22H18N2/c1-3-10-18(11-4-1)23-20-15-17-9-7-8-14-21(17)22(16-20)24-19-12-5-2-6-13-19/h1-16,23-24H. The maximum atomic E-state index is 3.53. The largest absolute Gasteiger partial charge is 0.355 e. The normalized spacial score (nSPS) is 10.5. The van der Waals surface area contributed by atoms with Crippen molar-refractivity contribution >= 4 is 33.5 Å². The fraction of sp³-hybridized carbons (Fsp3) is 0. The van der Waals surface area contributed by atoms with Gasteiger partial charge >= 0.3 is 0 Å². The first-order valence-electron chi connectivity index (χ1n) is 8.05. The molecule has 0 atom stereocenters. The number of para-hydroxylation sites is 2. The van der Waals surface area contributed by atoms with Gasteiger partial charge in [0, 0.05) is 28.1 Å². The number of hydrogen-bond acceptors (Lipinski definition) is 2. The van der Waals surface area contributed by atoms with E-state index in [0.29, 0.717) is 0 Å². The second-order valence-electron chi connectivity index (χ2n) is 5.73. The minimum Gasteiger partial charge on any atom is -0.355 e. The lowest BCUT2D eigenvalue weighted by Gasteiger charge is -2.14. The Morgan fingerprint density at radius 1 is 0.458 bits per heavy atom. The molecule has 0 unspecified atom stereocenters. The van der Waals surface area contributed by atoms with E-state index >= 15 is 0 Å². The molecule has 0 heterocycles. The molecule has 24 heavy (non-hydrogen) atoms. The Labute approximate surface area is 141 Å². The van der Waals surface area contributed by atoms with Crippen LogP contribution in [0.2, 0.25) is 0 Å². The average Bonchev–Trinajstić information content (AvgIpc) is 2.63. The maximum Gasteiger partial charge on any atom is 0.0484 e. The van der Waals surface area contributed by atoms with Crippen LogP contribution in [0, 0.1) is 0 Å². The van der Waals surface area contributed by atoms with Crippen molar-refractivity contribution in [2.24, 2.45) is 0 Å². The number of benzene rings is 4. The van der Waals surface area contributed by atoms with E-state index in [1.807, 2.05) is 36.4 Å². The molecule has 0 saturated heterocycles. The van der Waals surface area contributed by atoms with Crippen LogP contribution in [-0.4, -0.2) is 0 Å². The van der Waals surface area contributed by atoms with Crippen LogP contribution in [0.15, 0.2) is 97.1 Å². The molecule has 0 amide bonds. The average molecular weight is 310 g/mol. The highest BCUT2D eigenvalue weighted by Crippen LogP contribution is 2.31. The summed E-state index contributed by atoms with van der Waals surface area (Å²) >= 11 is 0. The summed E-state index contributed by atoms with van der Waals surface area (Å²) < 4.78 is 0. The Kier molecular flexibility index (Phi) is 3.86. The monoisotopic (exact) mass is 310 g/mol. The first-order valence-corrected chi connectivity index (χ1v) is 8.05. The van der Waals surface area contributed by atoms with Gasteiger partial charge in [-0.1, -0.05) is 60.7 Å². The van der Waals surface area contributed by atoms with Crippen molar-refractivity contribution in [3.63, 3.8) is 0 Å². The zero-order chi connectivity index (χ0) is 16.2. The van der Waals surface area contributed by atoms with E-state index in [4.69, 9.17) is 0 Å². The summed E-state index contributed by atoms with van der Waals surface area (Å²) in [5, 5.41) is 9.43. The molecule has 2 nitrogen and oxygen atoms in total. The molecule has 116 valence electrons. The topological polar surface area (TPSA) is 24.1 Å². The first-order chi connectivity index (χ1) is 11.9. The van der Waals surface area contributed by atoms with Gasteiger partial charge in [-0.25, -0.2) is 0 Å². The van der Waals surface area contributed by atoms with Crippen molar-refractivity contribution in [2.75, 3.05) is 10.6 Å². The second-order valence-corrected chi connectivity index (χ2v) is 5.73. The lowest BCUT2D eigenvalue weighted by Crippen LogP contribution is -1.95. The van der Waals surface area contributed by atoms with Crippen molar-refractivity contribution in [1.82, 2.24) is 0 Å². The molecule has 4 aromatic carbocycles. The van der Waals surface area contributed by atoms with Crippen LogP contribution in [-0.2, 0) is 0 Å². The predicted octanol–water partition coefficient (Wildman–Crippen LogP) is 6.33. The number of nitrogens with one attached hydrogen (secondary N) is 2. The van der Waals surface area contributed by atoms with Gasteiger partial charge in [0.2, 0.25) is 0 Å². The quantitative estimate of drug-likeness (QED) is 0.460. The third kappa shape index (κ3) is 3.08. The van der Waals surface area contributed by atoms with Crippen LogP contribution < -0.4 is 10.6 Å².